The lowest BCUT2D eigenvalue weighted by molar-refractivity contribution is -0.138. The third-order valence-corrected chi connectivity index (χ3v) is 8.65. The SMILES string of the molecule is NC(=O)c1nn(CC(=O)N2C3C[C@@H]3C[C@H]2C(=O)Nc2cccc(-c3ccccc3Cl)c2F)c2ccc(C#Cc3ncc(F)cn3)cc12. The molecule has 3 aromatic carbocycles. The monoisotopic (exact) mass is 651 g/mol. The molecule has 7 rings (SSSR count). The number of carbonyl (C=O) groups excluding carboxylic acids is 3. The fourth-order valence-corrected chi connectivity index (χ4v) is 6.29. The van der Waals surface area contributed by atoms with E-state index in [9.17, 15) is 18.8 Å². The van der Waals surface area contributed by atoms with Gasteiger partial charge < -0.3 is 16.0 Å². The summed E-state index contributed by atoms with van der Waals surface area (Å²) < 4.78 is 30.1. The van der Waals surface area contributed by atoms with Crippen LogP contribution in [0.2, 0.25) is 5.02 Å². The number of likely N-dealkylation sites (tertiary alicyclic amines) is 1. The highest BCUT2D eigenvalue weighted by atomic mass is 35.5. The molecule has 5 aromatic rings. The largest absolute Gasteiger partial charge is 0.364 e. The number of anilines is 1. The summed E-state index contributed by atoms with van der Waals surface area (Å²) in [6.45, 7) is -0.262. The van der Waals surface area contributed by atoms with Gasteiger partial charge in [-0.05, 0) is 55.0 Å². The van der Waals surface area contributed by atoms with Crippen LogP contribution < -0.4 is 11.1 Å². The Kier molecular flexibility index (Phi) is 7.61. The molecule has 1 saturated carbocycles. The molecule has 1 unspecified atom stereocenters. The number of fused-ring (bicyclic) bond motifs is 2. The topological polar surface area (TPSA) is 136 Å². The first kappa shape index (κ1) is 30.0. The Morgan fingerprint density at radius 2 is 1.74 bits per heavy atom. The number of nitrogens with one attached hydrogen (secondary N) is 1. The normalized spacial score (nSPS) is 17.9. The van der Waals surface area contributed by atoms with Gasteiger partial charge in [-0.25, -0.2) is 18.7 Å². The molecule has 1 saturated heterocycles. The van der Waals surface area contributed by atoms with Crippen LogP contribution in [-0.2, 0) is 16.1 Å². The zero-order valence-corrected chi connectivity index (χ0v) is 25.2. The minimum Gasteiger partial charge on any atom is -0.364 e. The van der Waals surface area contributed by atoms with Crippen molar-refractivity contribution in [2.24, 2.45) is 11.7 Å². The van der Waals surface area contributed by atoms with Gasteiger partial charge in [-0.2, -0.15) is 5.10 Å². The molecule has 0 bridgehead atoms. The predicted octanol–water partition coefficient (Wildman–Crippen LogP) is 4.55. The molecule has 47 heavy (non-hydrogen) atoms. The van der Waals surface area contributed by atoms with E-state index in [0.717, 1.165) is 18.8 Å². The first-order valence-electron chi connectivity index (χ1n) is 14.6. The molecule has 3 heterocycles. The third kappa shape index (κ3) is 5.77. The number of benzene rings is 3. The number of hydrogen-bond donors (Lipinski definition) is 2. The second-order valence-electron chi connectivity index (χ2n) is 11.3. The van der Waals surface area contributed by atoms with Crippen LogP contribution in [0, 0.1) is 29.4 Å². The second kappa shape index (κ2) is 11.9. The minimum absolute atomic E-state index is 0.0190. The summed E-state index contributed by atoms with van der Waals surface area (Å²) in [7, 11) is 0. The molecule has 2 aliphatic rings. The van der Waals surface area contributed by atoms with Crippen molar-refractivity contribution >= 4 is 45.9 Å². The van der Waals surface area contributed by atoms with E-state index in [-0.39, 0.29) is 47.2 Å². The van der Waals surface area contributed by atoms with Crippen LogP contribution in [0.3, 0.4) is 0 Å². The van der Waals surface area contributed by atoms with E-state index in [1.165, 1.54) is 15.6 Å². The molecule has 3 N–H and O–H groups in total. The summed E-state index contributed by atoms with van der Waals surface area (Å²) in [6, 6.07) is 15.5. The molecule has 3 atom stereocenters. The fraction of sp³-hybridized carbons (Fsp3) is 0.176. The van der Waals surface area contributed by atoms with Crippen LogP contribution in [0.25, 0.3) is 22.0 Å². The Labute approximate surface area is 271 Å². The number of aromatic nitrogens is 4. The quantitative estimate of drug-likeness (QED) is 0.259. The summed E-state index contributed by atoms with van der Waals surface area (Å²) in [5, 5.41) is 7.75. The van der Waals surface area contributed by atoms with Crippen LogP contribution in [0.4, 0.5) is 14.5 Å². The number of nitrogens with two attached hydrogens (primary N) is 1. The molecule has 2 fully saturated rings. The minimum atomic E-state index is -0.817. The molecule has 2 aromatic heterocycles. The van der Waals surface area contributed by atoms with Crippen LogP contribution in [-0.4, -0.2) is 54.5 Å². The first-order valence-corrected chi connectivity index (χ1v) is 15.0. The molecule has 13 heteroatoms. The van der Waals surface area contributed by atoms with Gasteiger partial charge in [0.05, 0.1) is 23.6 Å². The van der Waals surface area contributed by atoms with Gasteiger partial charge in [0.2, 0.25) is 17.6 Å². The predicted molar refractivity (Wildman–Crippen MR) is 169 cm³/mol. The fourth-order valence-electron chi connectivity index (χ4n) is 6.06. The van der Waals surface area contributed by atoms with E-state index in [4.69, 9.17) is 17.3 Å². The van der Waals surface area contributed by atoms with Crippen molar-refractivity contribution in [2.75, 3.05) is 5.32 Å². The molecule has 234 valence electrons. The van der Waals surface area contributed by atoms with Gasteiger partial charge in [-0.1, -0.05) is 47.9 Å². The number of nitrogens with zero attached hydrogens (tertiary/aromatic N) is 5. The smallest absolute Gasteiger partial charge is 0.269 e. The van der Waals surface area contributed by atoms with E-state index in [1.807, 2.05) is 0 Å². The maximum absolute atomic E-state index is 15.6. The van der Waals surface area contributed by atoms with Crippen LogP contribution in [0.1, 0.15) is 34.7 Å². The van der Waals surface area contributed by atoms with Crippen LogP contribution in [0.5, 0.6) is 0 Å². The summed E-state index contributed by atoms with van der Waals surface area (Å²) >= 11 is 6.29. The third-order valence-electron chi connectivity index (χ3n) is 8.32. The maximum atomic E-state index is 15.6. The Morgan fingerprint density at radius 1 is 0.979 bits per heavy atom. The van der Waals surface area contributed by atoms with E-state index >= 15 is 4.39 Å². The Balaban J connectivity index is 1.12. The number of rotatable bonds is 6. The summed E-state index contributed by atoms with van der Waals surface area (Å²) in [5.74, 6) is 2.97. The van der Waals surface area contributed by atoms with Crippen LogP contribution in [0.15, 0.2) is 73.1 Å². The summed E-state index contributed by atoms with van der Waals surface area (Å²) in [5.41, 5.74) is 7.22. The van der Waals surface area contributed by atoms with Crippen molar-refractivity contribution in [1.82, 2.24) is 24.6 Å². The molecule has 10 nitrogen and oxygen atoms in total. The lowest BCUT2D eigenvalue weighted by atomic mass is 10.0. The number of halogens is 3. The molecule has 3 amide bonds. The van der Waals surface area contributed by atoms with Crippen molar-refractivity contribution in [3.8, 4) is 23.0 Å². The van der Waals surface area contributed by atoms with Gasteiger partial charge in [-0.15, -0.1) is 0 Å². The average Bonchev–Trinajstić information content (AvgIpc) is 3.57. The summed E-state index contributed by atoms with van der Waals surface area (Å²) in [6.07, 6.45) is 3.21. The zero-order chi connectivity index (χ0) is 32.8. The first-order chi connectivity index (χ1) is 22.7. The van der Waals surface area contributed by atoms with Crippen molar-refractivity contribution < 1.29 is 23.2 Å². The van der Waals surface area contributed by atoms with Gasteiger partial charge in [-0.3, -0.25) is 19.1 Å². The lowest BCUT2D eigenvalue weighted by Crippen LogP contribution is -2.46. The number of piperidine rings is 1. The number of amides is 3. The Morgan fingerprint density at radius 3 is 2.51 bits per heavy atom. The molecular formula is C34H24ClF2N7O3. The standard InChI is InChI=1S/C34H24ClF2N7O3/c35-24-6-2-1-4-21(24)22-5-3-7-25(31(22)37)41-34(47)28-14-19-13-27(19)44(28)30(45)17-43-26-10-8-18(12-23(26)32(42-43)33(38)46)9-11-29-39-15-20(36)16-40-29/h1-8,10,12,15-16,19,27-28H,13-14,17H2,(H2,38,46)(H,41,47)/t19-,27?,28+/m1/s1. The highest BCUT2D eigenvalue weighted by Gasteiger charge is 2.56. The molecule has 1 aliphatic carbocycles. The van der Waals surface area contributed by atoms with Gasteiger partial charge >= 0.3 is 0 Å². The lowest BCUT2D eigenvalue weighted by Gasteiger charge is -2.27. The van der Waals surface area contributed by atoms with E-state index in [2.05, 4.69) is 32.2 Å². The van der Waals surface area contributed by atoms with Crippen molar-refractivity contribution in [3.63, 3.8) is 0 Å². The molecule has 0 radical (unpaired) electrons. The molecule has 1 aliphatic heterocycles. The van der Waals surface area contributed by atoms with Gasteiger partial charge in [0.25, 0.3) is 5.91 Å². The van der Waals surface area contributed by atoms with Crippen molar-refractivity contribution in [1.29, 1.82) is 0 Å². The van der Waals surface area contributed by atoms with Gasteiger partial charge in [0.15, 0.2) is 17.3 Å². The van der Waals surface area contributed by atoms with Crippen LogP contribution >= 0.6 is 11.6 Å². The maximum Gasteiger partial charge on any atom is 0.269 e. The summed E-state index contributed by atoms with van der Waals surface area (Å²) in [4.78, 5) is 48.7. The number of hydrogen-bond acceptors (Lipinski definition) is 6. The average molecular weight is 652 g/mol. The van der Waals surface area contributed by atoms with Crippen molar-refractivity contribution in [2.45, 2.75) is 31.5 Å². The highest BCUT2D eigenvalue weighted by molar-refractivity contribution is 6.33. The van der Waals surface area contributed by atoms with Crippen molar-refractivity contribution in [3.05, 3.63) is 107 Å². The van der Waals surface area contributed by atoms with E-state index < -0.39 is 29.5 Å². The van der Waals surface area contributed by atoms with E-state index in [1.54, 1.807) is 54.6 Å². The number of primary amides is 1. The molecule has 0 spiro atoms. The van der Waals surface area contributed by atoms with E-state index in [0.29, 0.717) is 33.5 Å². The Hall–Kier alpha value is -5.67. The molecular weight excluding hydrogens is 628 g/mol. The highest BCUT2D eigenvalue weighted by Crippen LogP contribution is 2.48. The second-order valence-corrected chi connectivity index (χ2v) is 11.7. The Bertz CT molecular complexity index is 2160. The zero-order valence-electron chi connectivity index (χ0n) is 24.5. The number of carbonyl (C=O) groups is 3. The van der Waals surface area contributed by atoms with Gasteiger partial charge in [0, 0.05) is 33.1 Å². The van der Waals surface area contributed by atoms with Gasteiger partial charge in [0.1, 0.15) is 12.6 Å².